The summed E-state index contributed by atoms with van der Waals surface area (Å²) in [5.41, 5.74) is 7.73. The Balaban J connectivity index is 1.40. The highest BCUT2D eigenvalue weighted by atomic mass is 19.3. The Kier molecular flexibility index (Phi) is 6.63. The van der Waals surface area contributed by atoms with Crippen molar-refractivity contribution >= 4 is 11.6 Å². The van der Waals surface area contributed by atoms with E-state index in [1.54, 1.807) is 16.9 Å². The van der Waals surface area contributed by atoms with Crippen molar-refractivity contribution in [2.24, 2.45) is 17.6 Å². The van der Waals surface area contributed by atoms with E-state index in [4.69, 9.17) is 10.5 Å². The SMILES string of the molecule is CC(F)(F)CNC(=O)C1CCOC(c2cnn3cc(CC4CCC(F)(F)C(N)C4)nc3c2)C1. The third-order valence-corrected chi connectivity index (χ3v) is 6.50. The Morgan fingerprint density at radius 1 is 1.36 bits per heavy atom. The lowest BCUT2D eigenvalue weighted by Crippen LogP contribution is -2.46. The fraction of sp³-hybridized carbons (Fsp3) is 0.682. The minimum atomic E-state index is -2.96. The zero-order valence-corrected chi connectivity index (χ0v) is 18.4. The molecule has 1 amide bonds. The molecule has 7 nitrogen and oxygen atoms in total. The first-order valence-electron chi connectivity index (χ1n) is 11.2. The van der Waals surface area contributed by atoms with Crippen LogP contribution in [0.25, 0.3) is 5.65 Å². The number of carbonyl (C=O) groups is 1. The molecule has 182 valence electrons. The Morgan fingerprint density at radius 3 is 2.88 bits per heavy atom. The van der Waals surface area contributed by atoms with Gasteiger partial charge in [-0.3, -0.25) is 4.79 Å². The highest BCUT2D eigenvalue weighted by Crippen LogP contribution is 2.37. The van der Waals surface area contributed by atoms with E-state index in [1.165, 1.54) is 0 Å². The smallest absolute Gasteiger partial charge is 0.262 e. The lowest BCUT2D eigenvalue weighted by molar-refractivity contribution is -0.131. The highest BCUT2D eigenvalue weighted by molar-refractivity contribution is 5.78. The summed E-state index contributed by atoms with van der Waals surface area (Å²) in [6.07, 6.45) is 4.84. The van der Waals surface area contributed by atoms with E-state index in [0.717, 1.165) is 18.2 Å². The molecule has 0 spiro atoms. The first-order valence-corrected chi connectivity index (χ1v) is 11.2. The summed E-state index contributed by atoms with van der Waals surface area (Å²) in [4.78, 5) is 16.9. The van der Waals surface area contributed by atoms with Crippen molar-refractivity contribution in [2.75, 3.05) is 13.2 Å². The van der Waals surface area contributed by atoms with Crippen LogP contribution in [-0.2, 0) is 16.0 Å². The van der Waals surface area contributed by atoms with Gasteiger partial charge in [0.25, 0.3) is 11.8 Å². The van der Waals surface area contributed by atoms with Crippen LogP contribution >= 0.6 is 0 Å². The second-order valence-corrected chi connectivity index (χ2v) is 9.40. The zero-order chi connectivity index (χ0) is 23.8. The third-order valence-electron chi connectivity index (χ3n) is 6.50. The molecule has 0 aromatic carbocycles. The van der Waals surface area contributed by atoms with Gasteiger partial charge in [0.15, 0.2) is 5.65 Å². The van der Waals surface area contributed by atoms with Crippen molar-refractivity contribution in [2.45, 2.75) is 69.4 Å². The lowest BCUT2D eigenvalue weighted by atomic mass is 9.81. The van der Waals surface area contributed by atoms with Crippen LogP contribution in [0.15, 0.2) is 18.5 Å². The van der Waals surface area contributed by atoms with E-state index in [9.17, 15) is 22.4 Å². The van der Waals surface area contributed by atoms with Crippen LogP contribution in [-0.4, -0.2) is 51.5 Å². The number of halogens is 4. The maximum absolute atomic E-state index is 13.6. The predicted molar refractivity (Wildman–Crippen MR) is 112 cm³/mol. The number of nitrogens with one attached hydrogen (secondary N) is 1. The van der Waals surface area contributed by atoms with Gasteiger partial charge in [0, 0.05) is 31.4 Å². The van der Waals surface area contributed by atoms with Gasteiger partial charge in [-0.05, 0) is 44.1 Å². The second-order valence-electron chi connectivity index (χ2n) is 9.40. The van der Waals surface area contributed by atoms with Gasteiger partial charge in [-0.25, -0.2) is 27.1 Å². The predicted octanol–water partition coefficient (Wildman–Crippen LogP) is 3.27. The molecule has 3 heterocycles. The second kappa shape index (κ2) is 9.17. The zero-order valence-electron chi connectivity index (χ0n) is 18.4. The van der Waals surface area contributed by atoms with Crippen molar-refractivity contribution in [1.82, 2.24) is 19.9 Å². The molecule has 2 aromatic heterocycles. The molecular weight excluding hydrogens is 442 g/mol. The molecule has 11 heteroatoms. The maximum atomic E-state index is 13.6. The molecule has 4 atom stereocenters. The maximum Gasteiger partial charge on any atom is 0.262 e. The van der Waals surface area contributed by atoms with Gasteiger partial charge in [-0.2, -0.15) is 5.10 Å². The average Bonchev–Trinajstić information content (AvgIpc) is 3.16. The summed E-state index contributed by atoms with van der Waals surface area (Å²) in [6, 6.07) is 0.692. The third kappa shape index (κ3) is 5.81. The number of nitrogens with zero attached hydrogens (tertiary/aromatic N) is 3. The molecule has 3 N–H and O–H groups in total. The van der Waals surface area contributed by atoms with E-state index >= 15 is 0 Å². The number of nitrogens with two attached hydrogens (primary N) is 1. The van der Waals surface area contributed by atoms with E-state index in [1.807, 2.05) is 6.07 Å². The molecule has 0 bridgehead atoms. The van der Waals surface area contributed by atoms with Crippen molar-refractivity contribution < 1.29 is 27.1 Å². The molecule has 2 aromatic rings. The molecule has 1 aliphatic carbocycles. The summed E-state index contributed by atoms with van der Waals surface area (Å²) in [5, 5.41) is 6.69. The van der Waals surface area contributed by atoms with Gasteiger partial charge in [0.05, 0.1) is 36.8 Å². The lowest BCUT2D eigenvalue weighted by Gasteiger charge is -2.33. The molecule has 1 saturated heterocycles. The molecule has 1 saturated carbocycles. The summed E-state index contributed by atoms with van der Waals surface area (Å²) < 4.78 is 60.8. The van der Waals surface area contributed by atoms with E-state index in [-0.39, 0.29) is 18.8 Å². The van der Waals surface area contributed by atoms with Crippen LogP contribution in [0.2, 0.25) is 0 Å². The average molecular weight is 471 g/mol. The molecule has 2 fully saturated rings. The molecule has 2 aliphatic rings. The van der Waals surface area contributed by atoms with E-state index < -0.39 is 42.4 Å². The number of carbonyl (C=O) groups excluding carboxylic acids is 1. The van der Waals surface area contributed by atoms with Gasteiger partial charge in [-0.15, -0.1) is 0 Å². The molecule has 33 heavy (non-hydrogen) atoms. The highest BCUT2D eigenvalue weighted by Gasteiger charge is 2.42. The van der Waals surface area contributed by atoms with Gasteiger partial charge in [-0.1, -0.05) is 0 Å². The monoisotopic (exact) mass is 471 g/mol. The Bertz CT molecular complexity index is 993. The quantitative estimate of drug-likeness (QED) is 0.631. The first kappa shape index (κ1) is 23.9. The molecule has 1 aliphatic heterocycles. The first-order chi connectivity index (χ1) is 15.5. The number of amides is 1. The number of imidazole rings is 1. The molecule has 0 radical (unpaired) electrons. The molecule has 4 rings (SSSR count). The van der Waals surface area contributed by atoms with Gasteiger partial charge in [0.2, 0.25) is 5.91 Å². The van der Waals surface area contributed by atoms with Crippen LogP contribution in [0, 0.1) is 11.8 Å². The van der Waals surface area contributed by atoms with Gasteiger partial charge < -0.3 is 15.8 Å². The summed E-state index contributed by atoms with van der Waals surface area (Å²) in [5.74, 6) is -6.56. The topological polar surface area (TPSA) is 94.5 Å². The summed E-state index contributed by atoms with van der Waals surface area (Å²) in [7, 11) is 0. The number of aromatic nitrogens is 3. The molecular formula is C22H29F4N5O2. The van der Waals surface area contributed by atoms with Crippen molar-refractivity contribution in [3.8, 4) is 0 Å². The summed E-state index contributed by atoms with van der Waals surface area (Å²) in [6.45, 7) is 0.405. The van der Waals surface area contributed by atoms with Crippen LogP contribution in [0.3, 0.4) is 0 Å². The molecule has 4 unspecified atom stereocenters. The number of ether oxygens (including phenoxy) is 1. The Morgan fingerprint density at radius 2 is 2.15 bits per heavy atom. The van der Waals surface area contributed by atoms with Gasteiger partial charge in [0.1, 0.15) is 0 Å². The standard InChI is InChI=1S/C22H29F4N5O2/c1-21(23,24)12-28-20(32)14-3-5-33-17(8-14)15-9-19-30-16(11-31(19)29-10-15)6-13-2-4-22(25,26)18(27)7-13/h9-11,13-14,17-18H,2-8,12,27H2,1H3,(H,28,32). The fourth-order valence-corrected chi connectivity index (χ4v) is 4.58. The van der Waals surface area contributed by atoms with E-state index in [0.29, 0.717) is 37.9 Å². The van der Waals surface area contributed by atoms with Gasteiger partial charge >= 0.3 is 0 Å². The fourth-order valence-electron chi connectivity index (χ4n) is 4.58. The Hall–Kier alpha value is -2.27. The normalized spacial score (nSPS) is 28.1. The van der Waals surface area contributed by atoms with E-state index in [2.05, 4.69) is 15.4 Å². The number of rotatable bonds is 6. The number of alkyl halides is 4. The van der Waals surface area contributed by atoms with Crippen molar-refractivity contribution in [3.63, 3.8) is 0 Å². The number of hydrogen-bond acceptors (Lipinski definition) is 5. The largest absolute Gasteiger partial charge is 0.373 e. The van der Waals surface area contributed by atoms with Crippen LogP contribution in [0.5, 0.6) is 0 Å². The number of fused-ring (bicyclic) bond motifs is 1. The van der Waals surface area contributed by atoms with Crippen molar-refractivity contribution in [1.29, 1.82) is 0 Å². The summed E-state index contributed by atoms with van der Waals surface area (Å²) >= 11 is 0. The van der Waals surface area contributed by atoms with Crippen LogP contribution < -0.4 is 11.1 Å². The van der Waals surface area contributed by atoms with Crippen molar-refractivity contribution in [3.05, 3.63) is 29.7 Å². The van der Waals surface area contributed by atoms with Crippen LogP contribution in [0.4, 0.5) is 17.6 Å². The van der Waals surface area contributed by atoms with Crippen LogP contribution in [0.1, 0.15) is 56.4 Å². The Labute approximate surface area is 189 Å². The minimum Gasteiger partial charge on any atom is -0.373 e. The minimum absolute atomic E-state index is 0.0421. The number of hydrogen-bond donors (Lipinski definition) is 2.